The summed E-state index contributed by atoms with van der Waals surface area (Å²) in [5, 5.41) is 15.2. The van der Waals surface area contributed by atoms with E-state index >= 15 is 0 Å². The van der Waals surface area contributed by atoms with Crippen LogP contribution in [0.25, 0.3) is 11.0 Å². The predicted molar refractivity (Wildman–Crippen MR) is 130 cm³/mol. The van der Waals surface area contributed by atoms with Crippen molar-refractivity contribution >= 4 is 16.8 Å². The number of hydrogen-bond donors (Lipinski definition) is 1. The number of nitrogens with zero attached hydrogens (tertiary/aromatic N) is 5. The second kappa shape index (κ2) is 9.52. The van der Waals surface area contributed by atoms with Crippen molar-refractivity contribution in [3.63, 3.8) is 0 Å². The number of aliphatic hydroxyl groups is 1. The van der Waals surface area contributed by atoms with E-state index in [0.717, 1.165) is 69.0 Å². The van der Waals surface area contributed by atoms with Crippen molar-refractivity contribution in [1.29, 1.82) is 0 Å². The summed E-state index contributed by atoms with van der Waals surface area (Å²) >= 11 is 0. The van der Waals surface area contributed by atoms with Crippen molar-refractivity contribution in [3.8, 4) is 5.88 Å². The summed E-state index contributed by atoms with van der Waals surface area (Å²) in [6.07, 6.45) is 4.93. The minimum absolute atomic E-state index is 0.184. The molecule has 3 atom stereocenters. The van der Waals surface area contributed by atoms with Crippen LogP contribution < -0.4 is 9.64 Å². The maximum absolute atomic E-state index is 9.69. The lowest BCUT2D eigenvalue weighted by atomic mass is 9.91. The van der Waals surface area contributed by atoms with Crippen molar-refractivity contribution < 1.29 is 14.4 Å². The van der Waals surface area contributed by atoms with Crippen LogP contribution in [0.1, 0.15) is 24.8 Å². The van der Waals surface area contributed by atoms with E-state index in [1.807, 2.05) is 30.5 Å². The number of para-hydroxylation sites is 1. The lowest BCUT2D eigenvalue weighted by molar-refractivity contribution is 0.0716. The zero-order valence-electron chi connectivity index (χ0n) is 19.6. The van der Waals surface area contributed by atoms with Crippen molar-refractivity contribution in [2.75, 3.05) is 50.8 Å². The monoisotopic (exact) mass is 463 g/mol. The van der Waals surface area contributed by atoms with Crippen LogP contribution in [0.4, 0.5) is 5.82 Å². The van der Waals surface area contributed by atoms with E-state index in [1.165, 1.54) is 18.4 Å². The average molecular weight is 464 g/mol. The topological polar surface area (TPSA) is 78.1 Å². The number of piperazine rings is 1. The number of fused-ring (bicyclic) bond motifs is 2. The Kier molecular flexibility index (Phi) is 6.11. The SMILES string of the molecule is O[C@H]1CCN(Cc2ccc(OC[C@@H]3CC[C@@H]4CN(c5noc6ccccc56)CCN4C3)nc2)C1. The second-order valence-corrected chi connectivity index (χ2v) is 10.0. The Morgan fingerprint density at radius 3 is 2.79 bits per heavy atom. The zero-order valence-corrected chi connectivity index (χ0v) is 19.6. The van der Waals surface area contributed by atoms with Gasteiger partial charge in [0.05, 0.1) is 18.1 Å². The molecule has 0 spiro atoms. The molecule has 5 heterocycles. The van der Waals surface area contributed by atoms with E-state index < -0.39 is 0 Å². The van der Waals surface area contributed by atoms with Gasteiger partial charge in [0.25, 0.3) is 0 Å². The van der Waals surface area contributed by atoms with Gasteiger partial charge in [-0.2, -0.15) is 0 Å². The Bertz CT molecular complexity index is 1100. The molecule has 0 radical (unpaired) electrons. The van der Waals surface area contributed by atoms with Gasteiger partial charge < -0.3 is 19.3 Å². The molecule has 0 unspecified atom stereocenters. The van der Waals surface area contributed by atoms with Crippen molar-refractivity contribution in [2.45, 2.75) is 38.0 Å². The average Bonchev–Trinajstić information content (AvgIpc) is 3.49. The first-order chi connectivity index (χ1) is 16.7. The number of pyridine rings is 1. The molecule has 0 aliphatic carbocycles. The highest BCUT2D eigenvalue weighted by Gasteiger charge is 2.34. The van der Waals surface area contributed by atoms with E-state index in [9.17, 15) is 5.11 Å². The summed E-state index contributed by atoms with van der Waals surface area (Å²) in [5.41, 5.74) is 2.02. The Balaban J connectivity index is 0.988. The van der Waals surface area contributed by atoms with Crippen LogP contribution in [-0.2, 0) is 6.54 Å². The zero-order chi connectivity index (χ0) is 22.9. The van der Waals surface area contributed by atoms with Gasteiger partial charge in [0, 0.05) is 70.0 Å². The van der Waals surface area contributed by atoms with Gasteiger partial charge in [-0.15, -0.1) is 0 Å². The summed E-state index contributed by atoms with van der Waals surface area (Å²) in [7, 11) is 0. The van der Waals surface area contributed by atoms with Gasteiger partial charge in [-0.1, -0.05) is 23.4 Å². The molecule has 3 aliphatic rings. The van der Waals surface area contributed by atoms with E-state index in [0.29, 0.717) is 24.4 Å². The fourth-order valence-corrected chi connectivity index (χ4v) is 5.69. The number of aromatic nitrogens is 2. The van der Waals surface area contributed by atoms with Gasteiger partial charge in [0.15, 0.2) is 11.4 Å². The predicted octanol–water partition coefficient (Wildman–Crippen LogP) is 2.77. The first-order valence-electron chi connectivity index (χ1n) is 12.5. The molecular formula is C26H33N5O3. The van der Waals surface area contributed by atoms with Crippen LogP contribution in [-0.4, -0.2) is 83.1 Å². The number of likely N-dealkylation sites (tertiary alicyclic amines) is 1. The molecule has 6 rings (SSSR count). The molecular weight excluding hydrogens is 430 g/mol. The highest BCUT2D eigenvalue weighted by molar-refractivity contribution is 5.88. The number of hydrogen-bond acceptors (Lipinski definition) is 8. The highest BCUT2D eigenvalue weighted by Crippen LogP contribution is 2.31. The standard InChI is InChI=1S/C26H33N5O3/c32-22-9-10-29(17-22)14-19-6-8-25(27-13-19)33-18-20-5-7-21-16-31(12-11-30(21)15-20)26-23-3-1-2-4-24(23)34-28-26/h1-4,6,8,13,20-22,32H,5,7,9-12,14-18H2/t20-,21-,22+/m1/s1. The Labute approximate surface area is 200 Å². The number of anilines is 1. The van der Waals surface area contributed by atoms with Gasteiger partial charge >= 0.3 is 0 Å². The number of aliphatic hydroxyl groups excluding tert-OH is 1. The number of ether oxygens (including phenoxy) is 1. The van der Waals surface area contributed by atoms with Gasteiger partial charge in [-0.3, -0.25) is 9.80 Å². The Hall–Kier alpha value is -2.68. The maximum Gasteiger partial charge on any atom is 0.213 e. The fraction of sp³-hybridized carbons (Fsp3) is 0.538. The van der Waals surface area contributed by atoms with Crippen LogP contribution in [0, 0.1) is 5.92 Å². The van der Waals surface area contributed by atoms with Crippen molar-refractivity contribution in [2.24, 2.45) is 5.92 Å². The van der Waals surface area contributed by atoms with Crippen molar-refractivity contribution in [3.05, 3.63) is 48.2 Å². The maximum atomic E-state index is 9.69. The molecule has 1 aromatic carbocycles. The minimum Gasteiger partial charge on any atom is -0.477 e. The normalized spacial score (nSPS) is 26.1. The molecule has 180 valence electrons. The minimum atomic E-state index is -0.184. The molecule has 3 fully saturated rings. The number of β-amino-alcohol motifs (C(OH)–C–C–N with tert-alkyl or cyclic N) is 1. The highest BCUT2D eigenvalue weighted by atomic mass is 16.5. The quantitative estimate of drug-likeness (QED) is 0.598. The van der Waals surface area contributed by atoms with Crippen LogP contribution in [0.15, 0.2) is 47.1 Å². The van der Waals surface area contributed by atoms with Gasteiger partial charge in [-0.05, 0) is 37.0 Å². The summed E-state index contributed by atoms with van der Waals surface area (Å²) in [5.74, 6) is 2.22. The van der Waals surface area contributed by atoms with E-state index in [2.05, 4.69) is 37.0 Å². The fourth-order valence-electron chi connectivity index (χ4n) is 5.69. The van der Waals surface area contributed by atoms with Crippen LogP contribution in [0.3, 0.4) is 0 Å². The number of benzene rings is 1. The third-order valence-corrected chi connectivity index (χ3v) is 7.58. The summed E-state index contributed by atoms with van der Waals surface area (Å²) in [6.45, 7) is 7.35. The molecule has 3 aromatic rings. The molecule has 3 aliphatic heterocycles. The molecule has 3 saturated heterocycles. The molecule has 34 heavy (non-hydrogen) atoms. The third-order valence-electron chi connectivity index (χ3n) is 7.58. The van der Waals surface area contributed by atoms with Gasteiger partial charge in [-0.25, -0.2) is 4.98 Å². The lowest BCUT2D eigenvalue weighted by Gasteiger charge is -2.46. The Morgan fingerprint density at radius 1 is 1.00 bits per heavy atom. The molecule has 8 nitrogen and oxygen atoms in total. The largest absolute Gasteiger partial charge is 0.477 e. The first kappa shape index (κ1) is 21.8. The van der Waals surface area contributed by atoms with Crippen molar-refractivity contribution in [1.82, 2.24) is 19.9 Å². The van der Waals surface area contributed by atoms with Gasteiger partial charge in [0.2, 0.25) is 5.88 Å². The number of rotatable bonds is 6. The van der Waals surface area contributed by atoms with E-state index in [1.54, 1.807) is 0 Å². The third kappa shape index (κ3) is 4.62. The van der Waals surface area contributed by atoms with Crippen LogP contribution >= 0.6 is 0 Å². The lowest BCUT2D eigenvalue weighted by Crippen LogP contribution is -2.57. The summed E-state index contributed by atoms with van der Waals surface area (Å²) < 4.78 is 11.6. The Morgan fingerprint density at radius 2 is 1.94 bits per heavy atom. The van der Waals surface area contributed by atoms with Crippen LogP contribution in [0.2, 0.25) is 0 Å². The van der Waals surface area contributed by atoms with E-state index in [-0.39, 0.29) is 6.10 Å². The molecule has 0 amide bonds. The molecule has 0 bridgehead atoms. The first-order valence-corrected chi connectivity index (χ1v) is 12.5. The number of piperidine rings is 1. The molecule has 0 saturated carbocycles. The van der Waals surface area contributed by atoms with Crippen LogP contribution in [0.5, 0.6) is 5.88 Å². The molecule has 1 N–H and O–H groups in total. The smallest absolute Gasteiger partial charge is 0.213 e. The summed E-state index contributed by atoms with van der Waals surface area (Å²) in [4.78, 5) is 11.8. The van der Waals surface area contributed by atoms with Gasteiger partial charge in [0.1, 0.15) is 0 Å². The second-order valence-electron chi connectivity index (χ2n) is 10.0. The van der Waals surface area contributed by atoms with E-state index in [4.69, 9.17) is 9.26 Å². The molecule has 8 heteroatoms. The molecule has 2 aromatic heterocycles. The summed E-state index contributed by atoms with van der Waals surface area (Å²) in [6, 6.07) is 12.7.